The molecule has 1 unspecified atom stereocenters. The van der Waals surface area contributed by atoms with Crippen molar-refractivity contribution in [3.63, 3.8) is 0 Å². The highest BCUT2D eigenvalue weighted by molar-refractivity contribution is 6.34. The van der Waals surface area contributed by atoms with Crippen LogP contribution >= 0.6 is 23.2 Å². The molecule has 1 aliphatic rings. The molecule has 1 nitrogen and oxygen atoms in total. The monoisotopic (exact) mass is 257 g/mol. The fourth-order valence-electron chi connectivity index (χ4n) is 2.72. The van der Waals surface area contributed by atoms with E-state index in [1.807, 2.05) is 19.2 Å². The van der Waals surface area contributed by atoms with Gasteiger partial charge in [-0.1, -0.05) is 36.0 Å². The number of benzene rings is 1. The van der Waals surface area contributed by atoms with Crippen LogP contribution in [0.3, 0.4) is 0 Å². The van der Waals surface area contributed by atoms with Gasteiger partial charge in [0.05, 0.1) is 0 Å². The lowest BCUT2D eigenvalue weighted by atomic mass is 9.92. The van der Waals surface area contributed by atoms with E-state index < -0.39 is 0 Å². The lowest BCUT2D eigenvalue weighted by Crippen LogP contribution is -2.23. The third kappa shape index (κ3) is 2.71. The number of hydrogen-bond donors (Lipinski definition) is 1. The van der Waals surface area contributed by atoms with E-state index in [0.29, 0.717) is 6.04 Å². The fraction of sp³-hybridized carbons (Fsp3) is 0.538. The van der Waals surface area contributed by atoms with Crippen molar-refractivity contribution >= 4 is 23.2 Å². The summed E-state index contributed by atoms with van der Waals surface area (Å²) in [6, 6.07) is 6.21. The van der Waals surface area contributed by atoms with Gasteiger partial charge in [-0.15, -0.1) is 0 Å². The summed E-state index contributed by atoms with van der Waals surface area (Å²) >= 11 is 12.1. The van der Waals surface area contributed by atoms with Crippen molar-refractivity contribution in [1.29, 1.82) is 0 Å². The number of halogens is 2. The molecular weight excluding hydrogens is 241 g/mol. The van der Waals surface area contributed by atoms with Crippen molar-refractivity contribution in [2.75, 3.05) is 7.05 Å². The second kappa shape index (κ2) is 5.39. The highest BCUT2D eigenvalue weighted by atomic mass is 35.5. The van der Waals surface area contributed by atoms with E-state index in [2.05, 4.69) is 5.32 Å². The Morgan fingerprint density at radius 3 is 2.19 bits per heavy atom. The lowest BCUT2D eigenvalue weighted by Gasteiger charge is -2.23. The van der Waals surface area contributed by atoms with E-state index in [9.17, 15) is 0 Å². The molecule has 0 aromatic heterocycles. The molecule has 16 heavy (non-hydrogen) atoms. The number of nitrogens with one attached hydrogen (secondary N) is 1. The summed E-state index contributed by atoms with van der Waals surface area (Å²) in [5.74, 6) is 0.722. The molecule has 1 saturated carbocycles. The van der Waals surface area contributed by atoms with Gasteiger partial charge in [0.25, 0.3) is 0 Å². The molecule has 1 fully saturated rings. The maximum absolute atomic E-state index is 6.05. The number of hydrogen-bond acceptors (Lipinski definition) is 1. The first-order chi connectivity index (χ1) is 7.70. The van der Waals surface area contributed by atoms with Gasteiger partial charge in [-0.05, 0) is 49.6 Å². The Bertz CT molecular complexity index is 339. The molecule has 1 atom stereocenters. The maximum Gasteiger partial charge on any atom is 0.0424 e. The Labute approximate surface area is 107 Å². The van der Waals surface area contributed by atoms with Crippen LogP contribution in [0.25, 0.3) is 0 Å². The van der Waals surface area contributed by atoms with Crippen molar-refractivity contribution in [3.05, 3.63) is 33.8 Å². The van der Waals surface area contributed by atoms with Crippen LogP contribution in [0.5, 0.6) is 0 Å². The molecule has 1 N–H and O–H groups in total. The van der Waals surface area contributed by atoms with Crippen LogP contribution in [-0.4, -0.2) is 7.05 Å². The largest absolute Gasteiger partial charge is 0.313 e. The van der Waals surface area contributed by atoms with Crippen molar-refractivity contribution < 1.29 is 0 Å². The van der Waals surface area contributed by atoms with Gasteiger partial charge in [-0.2, -0.15) is 0 Å². The third-order valence-electron chi connectivity index (χ3n) is 3.43. The van der Waals surface area contributed by atoms with Crippen LogP contribution in [0.2, 0.25) is 10.0 Å². The second-order valence-electron chi connectivity index (χ2n) is 4.51. The molecule has 0 saturated heterocycles. The predicted molar refractivity (Wildman–Crippen MR) is 70.2 cm³/mol. The van der Waals surface area contributed by atoms with Crippen molar-refractivity contribution in [2.24, 2.45) is 5.92 Å². The normalized spacial score (nSPS) is 18.9. The average Bonchev–Trinajstić information content (AvgIpc) is 2.70. The van der Waals surface area contributed by atoms with Crippen LogP contribution in [0.4, 0.5) is 0 Å². The highest BCUT2D eigenvalue weighted by Crippen LogP contribution is 2.36. The smallest absolute Gasteiger partial charge is 0.0424 e. The Morgan fingerprint density at radius 1 is 1.12 bits per heavy atom. The average molecular weight is 258 g/mol. The summed E-state index contributed by atoms with van der Waals surface area (Å²) in [5, 5.41) is 4.84. The van der Waals surface area contributed by atoms with Crippen LogP contribution in [0.15, 0.2) is 18.2 Å². The third-order valence-corrected chi connectivity index (χ3v) is 3.86. The predicted octanol–water partition coefficient (Wildman–Crippen LogP) is 4.44. The van der Waals surface area contributed by atoms with E-state index in [1.54, 1.807) is 6.07 Å². The van der Waals surface area contributed by atoms with Crippen molar-refractivity contribution in [2.45, 2.75) is 31.7 Å². The van der Waals surface area contributed by atoms with E-state index in [-0.39, 0.29) is 0 Å². The minimum Gasteiger partial charge on any atom is -0.313 e. The summed E-state index contributed by atoms with van der Waals surface area (Å²) in [7, 11) is 2.01. The molecule has 0 amide bonds. The van der Waals surface area contributed by atoms with Crippen molar-refractivity contribution in [1.82, 2.24) is 5.32 Å². The standard InChI is InChI=1S/C13H17Cl2N/c1-16-13(9-4-2-3-5-9)10-6-11(14)8-12(15)7-10/h6-9,13,16H,2-5H2,1H3. The fourth-order valence-corrected chi connectivity index (χ4v) is 3.26. The Balaban J connectivity index is 2.24. The molecule has 1 aliphatic carbocycles. The van der Waals surface area contributed by atoms with E-state index >= 15 is 0 Å². The Hall–Kier alpha value is -0.240. The van der Waals surface area contributed by atoms with E-state index in [4.69, 9.17) is 23.2 Å². The Kier molecular flexibility index (Phi) is 4.12. The van der Waals surface area contributed by atoms with Gasteiger partial charge in [0.1, 0.15) is 0 Å². The zero-order valence-corrected chi connectivity index (χ0v) is 11.0. The molecule has 3 heteroatoms. The topological polar surface area (TPSA) is 12.0 Å². The van der Waals surface area contributed by atoms with Gasteiger partial charge in [-0.25, -0.2) is 0 Å². The second-order valence-corrected chi connectivity index (χ2v) is 5.39. The van der Waals surface area contributed by atoms with Crippen LogP contribution in [0.1, 0.15) is 37.3 Å². The zero-order valence-electron chi connectivity index (χ0n) is 9.47. The highest BCUT2D eigenvalue weighted by Gasteiger charge is 2.25. The van der Waals surface area contributed by atoms with Crippen LogP contribution in [-0.2, 0) is 0 Å². The molecule has 0 heterocycles. The minimum atomic E-state index is 0.388. The molecular formula is C13H17Cl2N. The van der Waals surface area contributed by atoms with Gasteiger partial charge in [0.15, 0.2) is 0 Å². The molecule has 0 radical (unpaired) electrons. The summed E-state index contributed by atoms with van der Waals surface area (Å²) in [6.07, 6.45) is 5.29. The first-order valence-electron chi connectivity index (χ1n) is 5.84. The van der Waals surface area contributed by atoms with Gasteiger partial charge >= 0.3 is 0 Å². The van der Waals surface area contributed by atoms with Crippen LogP contribution < -0.4 is 5.32 Å². The molecule has 1 aromatic rings. The summed E-state index contributed by atoms with van der Waals surface area (Å²) in [4.78, 5) is 0. The molecule has 0 aliphatic heterocycles. The van der Waals surface area contributed by atoms with E-state index in [0.717, 1.165) is 16.0 Å². The quantitative estimate of drug-likeness (QED) is 0.844. The van der Waals surface area contributed by atoms with Gasteiger partial charge in [0, 0.05) is 16.1 Å². The molecule has 0 spiro atoms. The maximum atomic E-state index is 6.05. The molecule has 0 bridgehead atoms. The van der Waals surface area contributed by atoms with Crippen LogP contribution in [0, 0.1) is 5.92 Å². The summed E-state index contributed by atoms with van der Waals surface area (Å²) < 4.78 is 0. The SMILES string of the molecule is CNC(c1cc(Cl)cc(Cl)c1)C1CCCC1. The summed E-state index contributed by atoms with van der Waals surface area (Å²) in [5.41, 5.74) is 1.21. The molecule has 88 valence electrons. The molecule has 1 aromatic carbocycles. The van der Waals surface area contributed by atoms with E-state index in [1.165, 1.54) is 31.2 Å². The first kappa shape index (κ1) is 12.2. The zero-order chi connectivity index (χ0) is 11.5. The first-order valence-corrected chi connectivity index (χ1v) is 6.59. The van der Waals surface area contributed by atoms with Crippen molar-refractivity contribution in [3.8, 4) is 0 Å². The van der Waals surface area contributed by atoms with Gasteiger partial charge in [0.2, 0.25) is 0 Å². The minimum absolute atomic E-state index is 0.388. The Morgan fingerprint density at radius 2 is 1.69 bits per heavy atom. The number of rotatable bonds is 3. The lowest BCUT2D eigenvalue weighted by molar-refractivity contribution is 0.390. The summed E-state index contributed by atoms with van der Waals surface area (Å²) in [6.45, 7) is 0. The van der Waals surface area contributed by atoms with Gasteiger partial charge in [-0.3, -0.25) is 0 Å². The molecule has 2 rings (SSSR count). The van der Waals surface area contributed by atoms with Gasteiger partial charge < -0.3 is 5.32 Å².